The Labute approximate surface area is 159 Å². The van der Waals surface area contributed by atoms with Gasteiger partial charge in [0.25, 0.3) is 11.8 Å². The van der Waals surface area contributed by atoms with Crippen molar-refractivity contribution < 1.29 is 14.5 Å². The second kappa shape index (κ2) is 9.36. The number of carbonyl (C=O) groups is 2. The molecule has 2 aromatic carbocycles. The standard InChI is InChI=1S/C20H24ClN3O2/c1-4-15-8-5-6-11-18(15)23-19(25)13-24(3)14(2)20(26)22-17-10-7-9-16(21)12-17/h5-12,14H,4,13H2,1-3H3,(H,22,26)(H,23,25)/p+1/t14-/m0/s1. The maximum Gasteiger partial charge on any atom is 0.282 e. The molecule has 0 saturated carbocycles. The lowest BCUT2D eigenvalue weighted by molar-refractivity contribution is -0.885. The molecule has 26 heavy (non-hydrogen) atoms. The van der Waals surface area contributed by atoms with Crippen LogP contribution in [0.4, 0.5) is 11.4 Å². The Bertz CT molecular complexity index is 779. The van der Waals surface area contributed by atoms with Gasteiger partial charge >= 0.3 is 0 Å². The minimum absolute atomic E-state index is 0.120. The van der Waals surface area contributed by atoms with Crippen LogP contribution < -0.4 is 15.5 Å². The van der Waals surface area contributed by atoms with Gasteiger partial charge in [-0.3, -0.25) is 9.59 Å². The van der Waals surface area contributed by atoms with Crippen LogP contribution in [0.3, 0.4) is 0 Å². The number of likely N-dealkylation sites (N-methyl/N-ethyl adjacent to an activating group) is 1. The molecule has 0 spiro atoms. The van der Waals surface area contributed by atoms with Crippen LogP contribution in [0.2, 0.25) is 5.02 Å². The van der Waals surface area contributed by atoms with Crippen molar-refractivity contribution in [1.29, 1.82) is 0 Å². The first kappa shape index (κ1) is 19.9. The largest absolute Gasteiger partial charge is 0.321 e. The van der Waals surface area contributed by atoms with E-state index in [0.717, 1.165) is 22.6 Å². The molecule has 5 nitrogen and oxygen atoms in total. The molecule has 0 saturated heterocycles. The number of para-hydroxylation sites is 1. The van der Waals surface area contributed by atoms with Crippen molar-refractivity contribution in [1.82, 2.24) is 0 Å². The molecule has 2 amide bonds. The third-order valence-corrected chi connectivity index (χ3v) is 4.57. The average molecular weight is 375 g/mol. The van der Waals surface area contributed by atoms with Gasteiger partial charge in [0, 0.05) is 16.4 Å². The second-order valence-corrected chi connectivity index (χ2v) is 6.74. The van der Waals surface area contributed by atoms with E-state index < -0.39 is 0 Å². The van der Waals surface area contributed by atoms with E-state index in [2.05, 4.69) is 10.6 Å². The highest BCUT2D eigenvalue weighted by molar-refractivity contribution is 6.30. The van der Waals surface area contributed by atoms with Crippen molar-refractivity contribution >= 4 is 34.8 Å². The molecule has 0 heterocycles. The summed E-state index contributed by atoms with van der Waals surface area (Å²) in [5, 5.41) is 6.32. The monoisotopic (exact) mass is 374 g/mol. The van der Waals surface area contributed by atoms with Crippen LogP contribution in [-0.4, -0.2) is 31.4 Å². The number of halogens is 1. The van der Waals surface area contributed by atoms with E-state index in [1.807, 2.05) is 38.2 Å². The number of carbonyl (C=O) groups excluding carboxylic acids is 2. The van der Waals surface area contributed by atoms with E-state index in [-0.39, 0.29) is 24.4 Å². The fraction of sp³-hybridized carbons (Fsp3) is 0.300. The van der Waals surface area contributed by atoms with Crippen molar-refractivity contribution in [2.45, 2.75) is 26.3 Å². The van der Waals surface area contributed by atoms with Gasteiger partial charge in [0.05, 0.1) is 7.05 Å². The Morgan fingerprint density at radius 1 is 1.12 bits per heavy atom. The van der Waals surface area contributed by atoms with Gasteiger partial charge in [0.1, 0.15) is 0 Å². The number of quaternary nitrogens is 1. The zero-order chi connectivity index (χ0) is 19.1. The molecule has 6 heteroatoms. The number of amides is 2. The molecule has 2 rings (SSSR count). The van der Waals surface area contributed by atoms with Crippen molar-refractivity contribution in [2.24, 2.45) is 0 Å². The highest BCUT2D eigenvalue weighted by Gasteiger charge is 2.24. The SMILES string of the molecule is CCc1ccccc1NC(=O)C[NH+](C)[C@@H](C)C(=O)Nc1cccc(Cl)c1. The first-order chi connectivity index (χ1) is 12.4. The van der Waals surface area contributed by atoms with Gasteiger partial charge in [-0.15, -0.1) is 0 Å². The van der Waals surface area contributed by atoms with Gasteiger partial charge in [0.15, 0.2) is 12.6 Å². The van der Waals surface area contributed by atoms with Gasteiger partial charge in [-0.05, 0) is 43.2 Å². The van der Waals surface area contributed by atoms with Crippen LogP contribution in [-0.2, 0) is 16.0 Å². The Morgan fingerprint density at radius 3 is 2.54 bits per heavy atom. The van der Waals surface area contributed by atoms with Gasteiger partial charge in [-0.25, -0.2) is 0 Å². The lowest BCUT2D eigenvalue weighted by Gasteiger charge is -2.21. The van der Waals surface area contributed by atoms with Gasteiger partial charge in [0.2, 0.25) is 0 Å². The molecule has 0 aliphatic carbocycles. The van der Waals surface area contributed by atoms with Crippen molar-refractivity contribution in [3.63, 3.8) is 0 Å². The molecule has 1 unspecified atom stereocenters. The van der Waals surface area contributed by atoms with Gasteiger partial charge in [-0.1, -0.05) is 42.8 Å². The fourth-order valence-electron chi connectivity index (χ4n) is 2.59. The Balaban J connectivity index is 1.92. The summed E-state index contributed by atoms with van der Waals surface area (Å²) in [4.78, 5) is 25.5. The summed E-state index contributed by atoms with van der Waals surface area (Å²) in [7, 11) is 1.83. The summed E-state index contributed by atoms with van der Waals surface area (Å²) in [5.41, 5.74) is 2.55. The maximum absolute atomic E-state index is 12.4. The number of rotatable bonds is 7. The number of benzene rings is 2. The summed E-state index contributed by atoms with van der Waals surface area (Å²) < 4.78 is 0. The Kier molecular flexibility index (Phi) is 7.18. The van der Waals surface area contributed by atoms with E-state index in [1.165, 1.54) is 0 Å². The van der Waals surface area contributed by atoms with Crippen LogP contribution in [0.25, 0.3) is 0 Å². The topological polar surface area (TPSA) is 62.6 Å². The number of hydrogen-bond donors (Lipinski definition) is 3. The normalized spacial score (nSPS) is 12.9. The van der Waals surface area contributed by atoms with Crippen molar-refractivity contribution in [3.05, 3.63) is 59.1 Å². The number of nitrogens with one attached hydrogen (secondary N) is 3. The summed E-state index contributed by atoms with van der Waals surface area (Å²) >= 11 is 5.93. The highest BCUT2D eigenvalue weighted by atomic mass is 35.5. The Morgan fingerprint density at radius 2 is 1.85 bits per heavy atom. The van der Waals surface area contributed by atoms with Gasteiger partial charge in [-0.2, -0.15) is 0 Å². The van der Waals surface area contributed by atoms with E-state index in [1.54, 1.807) is 31.2 Å². The summed E-state index contributed by atoms with van der Waals surface area (Å²) in [6, 6.07) is 14.3. The molecular formula is C20H25ClN3O2+. The lowest BCUT2D eigenvalue weighted by atomic mass is 10.1. The molecule has 2 atom stereocenters. The summed E-state index contributed by atoms with van der Waals surface area (Å²) in [6.07, 6.45) is 0.845. The van der Waals surface area contributed by atoms with Gasteiger partial charge < -0.3 is 15.5 Å². The molecule has 0 aliphatic heterocycles. The molecule has 0 radical (unpaired) electrons. The zero-order valence-electron chi connectivity index (χ0n) is 15.3. The second-order valence-electron chi connectivity index (χ2n) is 6.30. The first-order valence-electron chi connectivity index (χ1n) is 8.67. The highest BCUT2D eigenvalue weighted by Crippen LogP contribution is 2.15. The summed E-state index contributed by atoms with van der Waals surface area (Å²) in [5.74, 6) is -0.280. The van der Waals surface area contributed by atoms with E-state index in [0.29, 0.717) is 10.7 Å². The molecule has 0 fully saturated rings. The maximum atomic E-state index is 12.4. The molecule has 2 aromatic rings. The van der Waals surface area contributed by atoms with Crippen LogP contribution in [0.15, 0.2) is 48.5 Å². The molecule has 3 N–H and O–H groups in total. The number of anilines is 2. The predicted octanol–water partition coefficient (Wildman–Crippen LogP) is 2.38. The minimum Gasteiger partial charge on any atom is -0.321 e. The van der Waals surface area contributed by atoms with Crippen LogP contribution in [0.5, 0.6) is 0 Å². The fourth-order valence-corrected chi connectivity index (χ4v) is 2.78. The number of hydrogen-bond acceptors (Lipinski definition) is 2. The predicted molar refractivity (Wildman–Crippen MR) is 106 cm³/mol. The third kappa shape index (κ3) is 5.58. The average Bonchev–Trinajstić information content (AvgIpc) is 2.61. The quantitative estimate of drug-likeness (QED) is 0.696. The smallest absolute Gasteiger partial charge is 0.282 e. The number of aryl methyl sites for hydroxylation is 1. The third-order valence-electron chi connectivity index (χ3n) is 4.34. The molecule has 0 aromatic heterocycles. The molecule has 138 valence electrons. The lowest BCUT2D eigenvalue weighted by Crippen LogP contribution is -3.14. The molecule has 0 aliphatic rings. The minimum atomic E-state index is -0.388. The molecular weight excluding hydrogens is 350 g/mol. The van der Waals surface area contributed by atoms with Crippen LogP contribution >= 0.6 is 11.6 Å². The van der Waals surface area contributed by atoms with Crippen LogP contribution in [0.1, 0.15) is 19.4 Å². The van der Waals surface area contributed by atoms with E-state index in [9.17, 15) is 9.59 Å². The molecule has 0 bridgehead atoms. The van der Waals surface area contributed by atoms with Crippen molar-refractivity contribution in [3.8, 4) is 0 Å². The van der Waals surface area contributed by atoms with Crippen LogP contribution in [0, 0.1) is 0 Å². The zero-order valence-corrected chi connectivity index (χ0v) is 16.1. The Hall–Kier alpha value is -2.37. The van der Waals surface area contributed by atoms with Crippen molar-refractivity contribution in [2.75, 3.05) is 24.2 Å². The summed E-state index contributed by atoms with van der Waals surface area (Å²) in [6.45, 7) is 4.04. The van der Waals surface area contributed by atoms with E-state index >= 15 is 0 Å². The first-order valence-corrected chi connectivity index (χ1v) is 9.05. The van der Waals surface area contributed by atoms with E-state index in [4.69, 9.17) is 11.6 Å².